The number of rotatable bonds is 4. The average molecular weight is 271 g/mol. The normalized spacial score (nSPS) is 21.4. The van der Waals surface area contributed by atoms with Gasteiger partial charge in [-0.1, -0.05) is 24.9 Å². The highest BCUT2D eigenvalue weighted by atomic mass is 35.5. The number of nitrogens with one attached hydrogen (secondary N) is 1. The van der Waals surface area contributed by atoms with Crippen molar-refractivity contribution in [3.8, 4) is 0 Å². The van der Waals surface area contributed by atoms with Crippen LogP contribution in [0.1, 0.15) is 31.0 Å². The summed E-state index contributed by atoms with van der Waals surface area (Å²) in [6.45, 7) is 8.46. The molecule has 102 valence electrons. The number of piperazine rings is 1. The first-order valence-electron chi connectivity index (χ1n) is 6.75. The molecule has 1 atom stereocenters. The van der Waals surface area contributed by atoms with Crippen LogP contribution in [0.3, 0.4) is 0 Å². The van der Waals surface area contributed by atoms with E-state index in [1.165, 1.54) is 18.4 Å². The maximum Gasteiger partial charge on any atom is 0.131 e. The highest BCUT2D eigenvalue weighted by Crippen LogP contribution is 2.21. The summed E-state index contributed by atoms with van der Waals surface area (Å²) in [4.78, 5) is 2.48. The lowest BCUT2D eigenvalue weighted by Crippen LogP contribution is -2.50. The number of aromatic nitrogens is 2. The van der Waals surface area contributed by atoms with Crippen molar-refractivity contribution < 1.29 is 0 Å². The maximum absolute atomic E-state index is 6.29. The summed E-state index contributed by atoms with van der Waals surface area (Å²) < 4.78 is 1.76. The molecule has 1 saturated heterocycles. The number of aryl methyl sites for hydroxylation is 2. The summed E-state index contributed by atoms with van der Waals surface area (Å²) in [6.07, 6.45) is 2.48. The van der Waals surface area contributed by atoms with Crippen LogP contribution in [-0.4, -0.2) is 40.4 Å². The number of hydrogen-bond donors (Lipinski definition) is 1. The van der Waals surface area contributed by atoms with Crippen LogP contribution in [0.5, 0.6) is 0 Å². The van der Waals surface area contributed by atoms with E-state index in [2.05, 4.69) is 22.2 Å². The zero-order valence-electron chi connectivity index (χ0n) is 11.5. The third-order valence-corrected chi connectivity index (χ3v) is 4.10. The predicted molar refractivity (Wildman–Crippen MR) is 74.9 cm³/mol. The Labute approximate surface area is 114 Å². The topological polar surface area (TPSA) is 33.1 Å². The van der Waals surface area contributed by atoms with E-state index in [1.54, 1.807) is 4.68 Å². The Morgan fingerprint density at radius 2 is 2.28 bits per heavy atom. The van der Waals surface area contributed by atoms with Crippen molar-refractivity contribution in [3.05, 3.63) is 16.4 Å². The van der Waals surface area contributed by atoms with Gasteiger partial charge in [-0.05, 0) is 13.3 Å². The molecule has 1 aromatic heterocycles. The van der Waals surface area contributed by atoms with Crippen molar-refractivity contribution in [2.45, 2.75) is 39.3 Å². The van der Waals surface area contributed by atoms with E-state index in [4.69, 9.17) is 11.6 Å². The molecular formula is C13H23ClN4. The molecule has 0 aromatic carbocycles. The van der Waals surface area contributed by atoms with Crippen molar-refractivity contribution in [2.24, 2.45) is 7.05 Å². The predicted octanol–water partition coefficient (Wildman–Crippen LogP) is 1.96. The van der Waals surface area contributed by atoms with Crippen molar-refractivity contribution in [2.75, 3.05) is 19.6 Å². The second-order valence-electron chi connectivity index (χ2n) is 5.15. The maximum atomic E-state index is 6.29. The first kappa shape index (κ1) is 13.8. The van der Waals surface area contributed by atoms with Crippen molar-refractivity contribution in [3.63, 3.8) is 0 Å². The molecule has 2 heterocycles. The highest BCUT2D eigenvalue weighted by Gasteiger charge is 2.21. The van der Waals surface area contributed by atoms with Crippen LogP contribution < -0.4 is 5.32 Å². The first-order valence-corrected chi connectivity index (χ1v) is 7.13. The van der Waals surface area contributed by atoms with E-state index in [9.17, 15) is 0 Å². The molecule has 0 amide bonds. The summed E-state index contributed by atoms with van der Waals surface area (Å²) in [7, 11) is 1.90. The van der Waals surface area contributed by atoms with Crippen LogP contribution in [0.15, 0.2) is 0 Å². The minimum Gasteiger partial charge on any atom is -0.311 e. The molecule has 0 aliphatic carbocycles. The molecule has 1 unspecified atom stereocenters. The standard InChI is InChI=1S/C13H23ClN4/c1-4-5-11-8-18(7-6-15-11)9-12-10(2)16-17(3)13(12)14/h11,15H,4-9H2,1-3H3. The SMILES string of the molecule is CCCC1CN(Cc2c(C)nn(C)c2Cl)CCN1. The number of hydrogen-bond acceptors (Lipinski definition) is 3. The lowest BCUT2D eigenvalue weighted by molar-refractivity contribution is 0.186. The minimum absolute atomic E-state index is 0.625. The van der Waals surface area contributed by atoms with E-state index >= 15 is 0 Å². The molecule has 0 radical (unpaired) electrons. The van der Waals surface area contributed by atoms with Crippen molar-refractivity contribution >= 4 is 11.6 Å². The molecule has 1 aliphatic rings. The van der Waals surface area contributed by atoms with E-state index in [-0.39, 0.29) is 0 Å². The van der Waals surface area contributed by atoms with Crippen LogP contribution >= 0.6 is 11.6 Å². The molecule has 1 aliphatic heterocycles. The molecule has 1 fully saturated rings. The number of nitrogens with zero attached hydrogens (tertiary/aromatic N) is 3. The van der Waals surface area contributed by atoms with Gasteiger partial charge in [-0.2, -0.15) is 5.10 Å². The van der Waals surface area contributed by atoms with Gasteiger partial charge in [-0.3, -0.25) is 9.58 Å². The summed E-state index contributed by atoms with van der Waals surface area (Å²) in [6, 6.07) is 0.625. The molecule has 18 heavy (non-hydrogen) atoms. The Hall–Kier alpha value is -0.580. The molecule has 4 nitrogen and oxygen atoms in total. The molecule has 0 bridgehead atoms. The largest absolute Gasteiger partial charge is 0.311 e. The van der Waals surface area contributed by atoms with E-state index in [1.807, 2.05) is 14.0 Å². The Bertz CT molecular complexity index is 400. The van der Waals surface area contributed by atoms with Gasteiger partial charge in [0.05, 0.1) is 5.69 Å². The fraction of sp³-hybridized carbons (Fsp3) is 0.769. The van der Waals surface area contributed by atoms with E-state index in [0.717, 1.165) is 37.0 Å². The Kier molecular flexibility index (Phi) is 4.65. The molecule has 2 rings (SSSR count). The molecule has 1 aromatic rings. The van der Waals surface area contributed by atoms with Crippen LogP contribution in [-0.2, 0) is 13.6 Å². The van der Waals surface area contributed by atoms with Gasteiger partial charge in [0.15, 0.2) is 0 Å². The second-order valence-corrected chi connectivity index (χ2v) is 5.51. The van der Waals surface area contributed by atoms with Crippen molar-refractivity contribution in [1.29, 1.82) is 0 Å². The molecule has 1 N–H and O–H groups in total. The molecule has 0 spiro atoms. The third kappa shape index (κ3) is 3.05. The fourth-order valence-corrected chi connectivity index (χ4v) is 2.89. The Balaban J connectivity index is 2.00. The van der Waals surface area contributed by atoms with Crippen molar-refractivity contribution in [1.82, 2.24) is 20.0 Å². The molecule has 0 saturated carbocycles. The highest BCUT2D eigenvalue weighted by molar-refractivity contribution is 6.30. The lowest BCUT2D eigenvalue weighted by Gasteiger charge is -2.33. The lowest BCUT2D eigenvalue weighted by atomic mass is 10.1. The van der Waals surface area contributed by atoms with Crippen LogP contribution in [0.25, 0.3) is 0 Å². The van der Waals surface area contributed by atoms with Gasteiger partial charge in [0.25, 0.3) is 0 Å². The van der Waals surface area contributed by atoms with Gasteiger partial charge in [0, 0.05) is 44.8 Å². The second kappa shape index (κ2) is 6.04. The van der Waals surface area contributed by atoms with Gasteiger partial charge in [0.2, 0.25) is 0 Å². The summed E-state index contributed by atoms with van der Waals surface area (Å²) in [5.41, 5.74) is 2.23. The smallest absolute Gasteiger partial charge is 0.131 e. The van der Waals surface area contributed by atoms with Crippen LogP contribution in [0.2, 0.25) is 5.15 Å². The first-order chi connectivity index (χ1) is 8.61. The zero-order valence-corrected chi connectivity index (χ0v) is 12.3. The Morgan fingerprint density at radius 3 is 2.89 bits per heavy atom. The molecule has 5 heteroatoms. The zero-order chi connectivity index (χ0) is 13.1. The summed E-state index contributed by atoms with van der Waals surface area (Å²) in [5.74, 6) is 0. The average Bonchev–Trinajstić information content (AvgIpc) is 2.57. The van der Waals surface area contributed by atoms with E-state index < -0.39 is 0 Å². The quantitative estimate of drug-likeness (QED) is 0.908. The fourth-order valence-electron chi connectivity index (χ4n) is 2.66. The molecular weight excluding hydrogens is 248 g/mol. The van der Waals surface area contributed by atoms with E-state index in [0.29, 0.717) is 6.04 Å². The Morgan fingerprint density at radius 1 is 1.50 bits per heavy atom. The van der Waals surface area contributed by atoms with Gasteiger partial charge in [-0.25, -0.2) is 0 Å². The van der Waals surface area contributed by atoms with Crippen LogP contribution in [0, 0.1) is 6.92 Å². The monoisotopic (exact) mass is 270 g/mol. The summed E-state index contributed by atoms with van der Waals surface area (Å²) >= 11 is 6.29. The minimum atomic E-state index is 0.625. The van der Waals surface area contributed by atoms with Crippen LogP contribution in [0.4, 0.5) is 0 Å². The van der Waals surface area contributed by atoms with Gasteiger partial charge < -0.3 is 5.32 Å². The van der Waals surface area contributed by atoms with Gasteiger partial charge >= 0.3 is 0 Å². The van der Waals surface area contributed by atoms with Gasteiger partial charge in [0.1, 0.15) is 5.15 Å². The number of halogens is 1. The van der Waals surface area contributed by atoms with Gasteiger partial charge in [-0.15, -0.1) is 0 Å². The summed E-state index contributed by atoms with van der Waals surface area (Å²) in [5, 5.41) is 8.72. The third-order valence-electron chi connectivity index (χ3n) is 3.63.